The fraction of sp³-hybridized carbons (Fsp3) is 0.304. The zero-order valence-corrected chi connectivity index (χ0v) is 17.1. The number of aromatic amines is 1. The van der Waals surface area contributed by atoms with E-state index in [2.05, 4.69) is 34.1 Å². The zero-order valence-electron chi connectivity index (χ0n) is 17.1. The van der Waals surface area contributed by atoms with Gasteiger partial charge in [-0.1, -0.05) is 44.5 Å². The number of aryl methyl sites for hydroxylation is 1. The molecule has 30 heavy (non-hydrogen) atoms. The van der Waals surface area contributed by atoms with E-state index in [1.807, 2.05) is 36.4 Å². The topological polar surface area (TPSA) is 92.7 Å². The Hall–Kier alpha value is -3.48. The molecule has 0 aliphatic heterocycles. The van der Waals surface area contributed by atoms with Gasteiger partial charge in [0.15, 0.2) is 0 Å². The monoisotopic (exact) mass is 403 g/mol. The van der Waals surface area contributed by atoms with Crippen molar-refractivity contribution in [2.75, 3.05) is 0 Å². The van der Waals surface area contributed by atoms with Gasteiger partial charge in [0.2, 0.25) is 5.91 Å². The van der Waals surface area contributed by atoms with Gasteiger partial charge in [-0.25, -0.2) is 9.97 Å². The molecule has 4 rings (SSSR count). The lowest BCUT2D eigenvalue weighted by Gasteiger charge is -2.22. The summed E-state index contributed by atoms with van der Waals surface area (Å²) in [4.78, 5) is 37.6. The molecule has 4 aromatic rings. The standard InChI is InChI=1S/C23H25N5O2/c1-3-15(2)21(22-25-18-10-6-7-11-19(18)26-22)27-20(29)12-13-28-14-24-17-9-5-4-8-16(17)23(28)30/h4-11,14-15,21H,3,12-13H2,1-2H3,(H,25,26)(H,27,29)/t15-,21+/m0/s1. The van der Waals surface area contributed by atoms with E-state index in [1.165, 1.54) is 10.9 Å². The lowest BCUT2D eigenvalue weighted by Crippen LogP contribution is -2.34. The quantitative estimate of drug-likeness (QED) is 0.493. The number of fused-ring (bicyclic) bond motifs is 2. The molecule has 0 fully saturated rings. The minimum atomic E-state index is -0.221. The Morgan fingerprint density at radius 2 is 1.87 bits per heavy atom. The highest BCUT2D eigenvalue weighted by Gasteiger charge is 2.23. The molecule has 2 heterocycles. The zero-order chi connectivity index (χ0) is 21.1. The number of amides is 1. The van der Waals surface area contributed by atoms with Crippen molar-refractivity contribution in [1.29, 1.82) is 0 Å². The van der Waals surface area contributed by atoms with Crippen LogP contribution < -0.4 is 10.9 Å². The summed E-state index contributed by atoms with van der Waals surface area (Å²) in [5.74, 6) is 0.837. The van der Waals surface area contributed by atoms with E-state index < -0.39 is 0 Å². The SMILES string of the molecule is CC[C@H](C)[C@@H](NC(=O)CCn1cnc2ccccc2c1=O)c1nc2ccccc2[nH]1. The first-order valence-electron chi connectivity index (χ1n) is 10.2. The Balaban J connectivity index is 1.49. The molecule has 7 nitrogen and oxygen atoms in total. The molecule has 7 heteroatoms. The minimum absolute atomic E-state index is 0.124. The first kappa shape index (κ1) is 19.8. The fourth-order valence-corrected chi connectivity index (χ4v) is 3.57. The Labute approximate surface area is 174 Å². The number of benzene rings is 2. The number of rotatable bonds is 7. The van der Waals surface area contributed by atoms with Crippen LogP contribution in [-0.4, -0.2) is 25.4 Å². The van der Waals surface area contributed by atoms with Crippen LogP contribution in [0.1, 0.15) is 38.6 Å². The third kappa shape index (κ3) is 3.96. The number of H-pyrrole nitrogens is 1. The molecule has 2 aromatic heterocycles. The molecule has 0 radical (unpaired) electrons. The highest BCUT2D eigenvalue weighted by atomic mass is 16.2. The molecular formula is C23H25N5O2. The van der Waals surface area contributed by atoms with Gasteiger partial charge in [0.1, 0.15) is 5.82 Å². The molecule has 0 unspecified atom stereocenters. The first-order chi connectivity index (χ1) is 14.6. The van der Waals surface area contributed by atoms with Crippen LogP contribution >= 0.6 is 0 Å². The van der Waals surface area contributed by atoms with Gasteiger partial charge in [0.05, 0.1) is 34.3 Å². The van der Waals surface area contributed by atoms with Crippen LogP contribution in [-0.2, 0) is 11.3 Å². The number of carbonyl (C=O) groups is 1. The van der Waals surface area contributed by atoms with Crippen LogP contribution in [0, 0.1) is 5.92 Å². The van der Waals surface area contributed by atoms with Crippen molar-refractivity contribution in [3.63, 3.8) is 0 Å². The van der Waals surface area contributed by atoms with Crippen molar-refractivity contribution in [3.8, 4) is 0 Å². The largest absolute Gasteiger partial charge is 0.346 e. The molecule has 2 N–H and O–H groups in total. The molecule has 1 amide bonds. The van der Waals surface area contributed by atoms with Crippen LogP contribution in [0.5, 0.6) is 0 Å². The Morgan fingerprint density at radius 1 is 1.13 bits per heavy atom. The summed E-state index contributed by atoms with van der Waals surface area (Å²) in [6.45, 7) is 4.46. The van der Waals surface area contributed by atoms with E-state index in [9.17, 15) is 9.59 Å². The highest BCUT2D eigenvalue weighted by molar-refractivity contribution is 5.78. The summed E-state index contributed by atoms with van der Waals surface area (Å²) in [5.41, 5.74) is 2.35. The summed E-state index contributed by atoms with van der Waals surface area (Å²) in [6, 6.07) is 14.8. The molecule has 0 saturated heterocycles. The number of hydrogen-bond acceptors (Lipinski definition) is 4. The van der Waals surface area contributed by atoms with Crippen LogP contribution in [0.3, 0.4) is 0 Å². The average molecular weight is 403 g/mol. The van der Waals surface area contributed by atoms with Gasteiger partial charge in [-0.3, -0.25) is 14.2 Å². The number of nitrogens with zero attached hydrogens (tertiary/aromatic N) is 3. The predicted octanol–water partition coefficient (Wildman–Crippen LogP) is 3.57. The van der Waals surface area contributed by atoms with Gasteiger partial charge in [0, 0.05) is 13.0 Å². The second-order valence-electron chi connectivity index (χ2n) is 7.58. The molecule has 2 atom stereocenters. The van der Waals surface area contributed by atoms with Crippen molar-refractivity contribution in [2.45, 2.75) is 39.3 Å². The van der Waals surface area contributed by atoms with Crippen LogP contribution in [0.25, 0.3) is 21.9 Å². The van der Waals surface area contributed by atoms with E-state index in [4.69, 9.17) is 0 Å². The molecule has 0 saturated carbocycles. The maximum atomic E-state index is 12.7. The molecule has 0 aliphatic carbocycles. The van der Waals surface area contributed by atoms with Gasteiger partial charge in [-0.2, -0.15) is 0 Å². The van der Waals surface area contributed by atoms with E-state index >= 15 is 0 Å². The maximum Gasteiger partial charge on any atom is 0.261 e. The van der Waals surface area contributed by atoms with Crippen LogP contribution in [0.15, 0.2) is 59.7 Å². The highest BCUT2D eigenvalue weighted by Crippen LogP contribution is 2.24. The number of imidazole rings is 1. The third-order valence-electron chi connectivity index (χ3n) is 5.54. The van der Waals surface area contributed by atoms with Crippen molar-refractivity contribution in [1.82, 2.24) is 24.8 Å². The Bertz CT molecular complexity index is 1210. The van der Waals surface area contributed by atoms with E-state index in [1.54, 1.807) is 12.1 Å². The van der Waals surface area contributed by atoms with Gasteiger partial charge in [-0.15, -0.1) is 0 Å². The number of aromatic nitrogens is 4. The summed E-state index contributed by atoms with van der Waals surface area (Å²) >= 11 is 0. The maximum absolute atomic E-state index is 12.7. The molecule has 0 spiro atoms. The number of para-hydroxylation sites is 3. The fourth-order valence-electron chi connectivity index (χ4n) is 3.57. The summed E-state index contributed by atoms with van der Waals surface area (Å²) < 4.78 is 1.49. The summed E-state index contributed by atoms with van der Waals surface area (Å²) in [6.07, 6.45) is 2.59. The molecular weight excluding hydrogens is 378 g/mol. The first-order valence-corrected chi connectivity index (χ1v) is 10.2. The normalized spacial score (nSPS) is 13.4. The van der Waals surface area contributed by atoms with Gasteiger partial charge in [0.25, 0.3) is 5.56 Å². The summed E-state index contributed by atoms with van der Waals surface area (Å²) in [5, 5.41) is 3.66. The minimum Gasteiger partial charge on any atom is -0.346 e. The smallest absolute Gasteiger partial charge is 0.261 e. The number of hydrogen-bond donors (Lipinski definition) is 2. The Morgan fingerprint density at radius 3 is 2.63 bits per heavy atom. The second-order valence-corrected chi connectivity index (χ2v) is 7.58. The predicted molar refractivity (Wildman–Crippen MR) is 117 cm³/mol. The van der Waals surface area contributed by atoms with E-state index in [-0.39, 0.29) is 36.4 Å². The Kier molecular flexibility index (Phi) is 5.61. The second kappa shape index (κ2) is 8.49. The molecule has 0 aliphatic rings. The molecule has 2 aromatic carbocycles. The van der Waals surface area contributed by atoms with E-state index in [0.29, 0.717) is 10.9 Å². The van der Waals surface area contributed by atoms with Crippen molar-refractivity contribution < 1.29 is 4.79 Å². The lowest BCUT2D eigenvalue weighted by atomic mass is 9.98. The van der Waals surface area contributed by atoms with Crippen molar-refractivity contribution in [2.24, 2.45) is 5.92 Å². The number of carbonyl (C=O) groups excluding carboxylic acids is 1. The third-order valence-corrected chi connectivity index (χ3v) is 5.54. The van der Waals surface area contributed by atoms with Crippen LogP contribution in [0.4, 0.5) is 0 Å². The van der Waals surface area contributed by atoms with Gasteiger partial charge in [-0.05, 0) is 30.2 Å². The molecule has 0 bridgehead atoms. The van der Waals surface area contributed by atoms with Crippen molar-refractivity contribution >= 4 is 27.8 Å². The van der Waals surface area contributed by atoms with Gasteiger partial charge < -0.3 is 10.3 Å². The lowest BCUT2D eigenvalue weighted by molar-refractivity contribution is -0.122. The van der Waals surface area contributed by atoms with Crippen LogP contribution in [0.2, 0.25) is 0 Å². The molecule has 154 valence electrons. The summed E-state index contributed by atoms with van der Waals surface area (Å²) in [7, 11) is 0. The van der Waals surface area contributed by atoms with Crippen molar-refractivity contribution in [3.05, 3.63) is 71.0 Å². The number of nitrogens with one attached hydrogen (secondary N) is 2. The van der Waals surface area contributed by atoms with Gasteiger partial charge >= 0.3 is 0 Å². The van der Waals surface area contributed by atoms with E-state index in [0.717, 1.165) is 23.3 Å². The average Bonchev–Trinajstić information content (AvgIpc) is 3.20.